The van der Waals surface area contributed by atoms with Crippen molar-refractivity contribution >= 4 is 16.7 Å². The van der Waals surface area contributed by atoms with Crippen molar-refractivity contribution in [3.05, 3.63) is 83.6 Å². The van der Waals surface area contributed by atoms with Crippen molar-refractivity contribution in [1.29, 1.82) is 0 Å². The summed E-state index contributed by atoms with van der Waals surface area (Å²) in [5, 5.41) is 1.14. The van der Waals surface area contributed by atoms with Crippen LogP contribution in [0.15, 0.2) is 66.9 Å². The molecule has 2 aliphatic rings. The number of carbonyl (C=O) groups is 1. The molecule has 1 aliphatic heterocycles. The first-order valence-corrected chi connectivity index (χ1v) is 10.9. The van der Waals surface area contributed by atoms with Crippen LogP contribution in [0.5, 0.6) is 11.5 Å². The number of benzene rings is 3. The molecule has 1 saturated carbocycles. The van der Waals surface area contributed by atoms with E-state index in [0.717, 1.165) is 33.2 Å². The van der Waals surface area contributed by atoms with Gasteiger partial charge in [0, 0.05) is 19.6 Å². The molecule has 4 aromatic rings. The lowest BCUT2D eigenvalue weighted by atomic mass is 9.87. The second-order valence-corrected chi connectivity index (χ2v) is 8.94. The predicted molar refractivity (Wildman–Crippen MR) is 123 cm³/mol. The maximum atomic E-state index is 13.4. The van der Waals surface area contributed by atoms with Gasteiger partial charge in [0.25, 0.3) is 0 Å². The van der Waals surface area contributed by atoms with E-state index in [1.54, 1.807) is 6.07 Å². The van der Waals surface area contributed by atoms with Crippen LogP contribution >= 0.6 is 0 Å². The molecule has 6 rings (SSSR count). The molecule has 6 heteroatoms. The summed E-state index contributed by atoms with van der Waals surface area (Å²) in [5.74, 6) is 0.0629. The van der Waals surface area contributed by atoms with E-state index in [0.29, 0.717) is 18.4 Å². The highest BCUT2D eigenvalue weighted by Crippen LogP contribution is 2.52. The SMILES string of the molecule is Cc1ccc(CC(=O)C2(c3ccc4c(c3)OC(F)(F)O4)CC2)cc1-c1ccc2[nH]ccc2c1.[HH]. The molecule has 0 spiro atoms. The van der Waals surface area contributed by atoms with E-state index in [4.69, 9.17) is 0 Å². The predicted octanol–water partition coefficient (Wildman–Crippen LogP) is 6.55. The van der Waals surface area contributed by atoms with Crippen molar-refractivity contribution in [3.8, 4) is 22.6 Å². The molecule has 0 amide bonds. The van der Waals surface area contributed by atoms with E-state index >= 15 is 0 Å². The van der Waals surface area contributed by atoms with Crippen LogP contribution in [0.2, 0.25) is 0 Å². The number of aryl methyl sites for hydroxylation is 1. The summed E-state index contributed by atoms with van der Waals surface area (Å²) < 4.78 is 35.9. The molecule has 0 bridgehead atoms. The van der Waals surface area contributed by atoms with Crippen molar-refractivity contribution in [2.45, 2.75) is 37.9 Å². The number of Topliss-reactive ketones (excluding diaryl/α,β-unsaturated/α-hetero) is 1. The maximum absolute atomic E-state index is 13.4. The number of ketones is 1. The van der Waals surface area contributed by atoms with Gasteiger partial charge in [-0.3, -0.25) is 4.79 Å². The van der Waals surface area contributed by atoms with Crippen molar-refractivity contribution in [2.24, 2.45) is 0 Å². The molecule has 0 radical (unpaired) electrons. The van der Waals surface area contributed by atoms with Gasteiger partial charge in [-0.15, -0.1) is 8.78 Å². The number of aromatic nitrogens is 1. The summed E-state index contributed by atoms with van der Waals surface area (Å²) in [6.07, 6.45) is -0.0636. The monoisotopic (exact) mass is 447 g/mol. The van der Waals surface area contributed by atoms with Gasteiger partial charge < -0.3 is 14.5 Å². The first-order chi connectivity index (χ1) is 15.8. The fraction of sp³-hybridized carbons (Fsp3) is 0.222. The molecule has 1 aromatic heterocycles. The fourth-order valence-electron chi connectivity index (χ4n) is 4.77. The first kappa shape index (κ1) is 20.0. The zero-order chi connectivity index (χ0) is 22.8. The first-order valence-electron chi connectivity index (χ1n) is 10.9. The number of alkyl halides is 2. The van der Waals surface area contributed by atoms with E-state index in [9.17, 15) is 13.6 Å². The Kier molecular flexibility index (Phi) is 4.18. The van der Waals surface area contributed by atoms with Crippen LogP contribution < -0.4 is 9.47 Å². The van der Waals surface area contributed by atoms with Crippen LogP contribution in [0.4, 0.5) is 8.78 Å². The molecule has 3 aromatic carbocycles. The summed E-state index contributed by atoms with van der Waals surface area (Å²) >= 11 is 0. The lowest BCUT2D eigenvalue weighted by Gasteiger charge is -2.16. The van der Waals surface area contributed by atoms with Crippen molar-refractivity contribution in [3.63, 3.8) is 0 Å². The van der Waals surface area contributed by atoms with Gasteiger partial charge in [-0.05, 0) is 83.3 Å². The molecule has 4 nitrogen and oxygen atoms in total. The minimum Gasteiger partial charge on any atom is -0.395 e. The zero-order valence-electron chi connectivity index (χ0n) is 18.0. The Balaban J connectivity index is 0.00000241. The highest BCUT2D eigenvalue weighted by molar-refractivity contribution is 5.95. The summed E-state index contributed by atoms with van der Waals surface area (Å²) in [4.78, 5) is 16.6. The third-order valence-electron chi connectivity index (χ3n) is 6.77. The number of H-pyrrole nitrogens is 1. The summed E-state index contributed by atoms with van der Waals surface area (Å²) in [5.41, 5.74) is 5.42. The molecule has 2 heterocycles. The molecule has 0 saturated heterocycles. The number of hydrogen-bond acceptors (Lipinski definition) is 3. The van der Waals surface area contributed by atoms with Gasteiger partial charge >= 0.3 is 6.29 Å². The van der Waals surface area contributed by atoms with Crippen molar-refractivity contribution < 1.29 is 24.5 Å². The fourth-order valence-corrected chi connectivity index (χ4v) is 4.77. The van der Waals surface area contributed by atoms with E-state index < -0.39 is 11.7 Å². The smallest absolute Gasteiger partial charge is 0.395 e. The largest absolute Gasteiger partial charge is 0.586 e. The average Bonchev–Trinajstić information content (AvgIpc) is 3.35. The molecule has 0 unspecified atom stereocenters. The Morgan fingerprint density at radius 2 is 1.82 bits per heavy atom. The van der Waals surface area contributed by atoms with Gasteiger partial charge in [0.05, 0.1) is 5.41 Å². The minimum atomic E-state index is -3.66. The van der Waals surface area contributed by atoms with Crippen LogP contribution in [-0.4, -0.2) is 17.1 Å². The van der Waals surface area contributed by atoms with Gasteiger partial charge in [0.15, 0.2) is 11.5 Å². The molecule has 33 heavy (non-hydrogen) atoms. The molecule has 1 aliphatic carbocycles. The van der Waals surface area contributed by atoms with Crippen molar-refractivity contribution in [1.82, 2.24) is 4.98 Å². The molecule has 1 fully saturated rings. The van der Waals surface area contributed by atoms with E-state index in [2.05, 4.69) is 45.6 Å². The van der Waals surface area contributed by atoms with Gasteiger partial charge in [-0.25, -0.2) is 0 Å². The van der Waals surface area contributed by atoms with E-state index in [-0.39, 0.29) is 25.1 Å². The van der Waals surface area contributed by atoms with Crippen LogP contribution in [0.25, 0.3) is 22.0 Å². The van der Waals surface area contributed by atoms with Crippen LogP contribution in [-0.2, 0) is 16.6 Å². The number of nitrogens with one attached hydrogen (secondary N) is 1. The summed E-state index contributed by atoms with van der Waals surface area (Å²) in [6, 6.07) is 19.1. The van der Waals surface area contributed by atoms with Gasteiger partial charge in [-0.1, -0.05) is 30.3 Å². The number of fused-ring (bicyclic) bond motifs is 2. The lowest BCUT2D eigenvalue weighted by Crippen LogP contribution is -2.26. The second kappa shape index (κ2) is 6.91. The van der Waals surface area contributed by atoms with Gasteiger partial charge in [0.1, 0.15) is 5.78 Å². The maximum Gasteiger partial charge on any atom is 0.586 e. The van der Waals surface area contributed by atoms with Crippen LogP contribution in [0, 0.1) is 6.92 Å². The van der Waals surface area contributed by atoms with Gasteiger partial charge in [-0.2, -0.15) is 0 Å². The number of carbonyl (C=O) groups excluding carboxylic acids is 1. The highest BCUT2D eigenvalue weighted by Gasteiger charge is 2.52. The highest BCUT2D eigenvalue weighted by atomic mass is 19.3. The Bertz CT molecular complexity index is 1420. The van der Waals surface area contributed by atoms with E-state index in [1.165, 1.54) is 12.1 Å². The summed E-state index contributed by atoms with van der Waals surface area (Å²) in [7, 11) is 0. The van der Waals surface area contributed by atoms with Crippen molar-refractivity contribution in [2.75, 3.05) is 0 Å². The molecule has 168 valence electrons. The lowest BCUT2D eigenvalue weighted by molar-refractivity contribution is -0.286. The Morgan fingerprint density at radius 3 is 2.64 bits per heavy atom. The number of ether oxygens (including phenoxy) is 2. The van der Waals surface area contributed by atoms with E-state index in [1.807, 2.05) is 24.4 Å². The molecule has 1 N–H and O–H groups in total. The quantitative estimate of drug-likeness (QED) is 0.377. The number of hydrogen-bond donors (Lipinski definition) is 1. The Hall–Kier alpha value is -3.67. The third-order valence-corrected chi connectivity index (χ3v) is 6.77. The van der Waals surface area contributed by atoms with Gasteiger partial charge in [0.2, 0.25) is 0 Å². The third kappa shape index (κ3) is 3.37. The topological polar surface area (TPSA) is 51.3 Å². The average molecular weight is 447 g/mol. The molecular formula is C27H23F2NO3. The molecular weight excluding hydrogens is 424 g/mol. The Labute approximate surface area is 190 Å². The summed E-state index contributed by atoms with van der Waals surface area (Å²) in [6.45, 7) is 2.06. The second-order valence-electron chi connectivity index (χ2n) is 8.94. The molecule has 0 atom stereocenters. The number of aromatic amines is 1. The zero-order valence-corrected chi connectivity index (χ0v) is 18.0. The normalized spacial score (nSPS) is 17.3. The Morgan fingerprint density at radius 1 is 1.00 bits per heavy atom. The van der Waals surface area contributed by atoms with Crippen LogP contribution in [0.3, 0.4) is 0 Å². The number of rotatable bonds is 5. The standard InChI is InChI=1S/C27H21F2NO3.H2/c1-16-2-3-17(12-21(16)18-4-6-22-19(14-18)8-11-30-22)13-25(31)26(9-10-26)20-5-7-23-24(15-20)33-27(28,29)32-23;/h2-8,11-12,14-15,30H,9-10,13H2,1H3;1H. The number of halogens is 2. The van der Waals surface area contributed by atoms with Crippen LogP contribution in [0.1, 0.15) is 31.0 Å². The minimum absolute atomic E-state index is 0.